The average Bonchev–Trinajstić information content (AvgIpc) is 3.29. The van der Waals surface area contributed by atoms with Crippen molar-refractivity contribution in [2.45, 2.75) is 6.04 Å². The zero-order chi connectivity index (χ0) is 21.6. The number of esters is 1. The third kappa shape index (κ3) is 4.56. The van der Waals surface area contributed by atoms with E-state index in [1.165, 1.54) is 11.2 Å². The monoisotopic (exact) mass is 415 g/mol. The zero-order valence-corrected chi connectivity index (χ0v) is 16.9. The fourth-order valence-electron chi connectivity index (χ4n) is 3.27. The van der Waals surface area contributed by atoms with Crippen LogP contribution in [0.2, 0.25) is 0 Å². The van der Waals surface area contributed by atoms with Gasteiger partial charge in [-0.2, -0.15) is 0 Å². The van der Waals surface area contributed by atoms with Crippen LogP contribution in [0.25, 0.3) is 5.70 Å². The van der Waals surface area contributed by atoms with Crippen molar-refractivity contribution >= 4 is 17.6 Å². The van der Waals surface area contributed by atoms with Crippen molar-refractivity contribution in [1.29, 1.82) is 0 Å². The maximum Gasteiger partial charge on any atom is 0.340 e. The third-order valence-electron chi connectivity index (χ3n) is 4.88. The predicted molar refractivity (Wildman–Crippen MR) is 115 cm³/mol. The van der Waals surface area contributed by atoms with Crippen LogP contribution < -0.4 is 10.2 Å². The molecule has 0 saturated carbocycles. The molecule has 1 aliphatic rings. The standard InChI is InChI=1S/C24H21N3O4/c1-30-20-11-9-18(10-12-20)22-14-21(17-6-3-2-4-7-17)26-27(22)23(28)16-31-24(29)19-8-5-13-25-15-19/h2-15,22,26H,16H2,1H3/t22-/m1/s1. The number of ether oxygens (including phenoxy) is 2. The Morgan fingerprint density at radius 2 is 1.81 bits per heavy atom. The molecule has 156 valence electrons. The number of carbonyl (C=O) groups excluding carboxylic acids is 2. The molecular formula is C24H21N3O4. The maximum atomic E-state index is 13.0. The van der Waals surface area contributed by atoms with E-state index in [1.54, 1.807) is 25.4 Å². The van der Waals surface area contributed by atoms with Crippen LogP contribution in [0.4, 0.5) is 0 Å². The quantitative estimate of drug-likeness (QED) is 0.622. The summed E-state index contributed by atoms with van der Waals surface area (Å²) >= 11 is 0. The summed E-state index contributed by atoms with van der Waals surface area (Å²) < 4.78 is 10.4. The number of hydrogen-bond donors (Lipinski definition) is 1. The number of benzene rings is 2. The molecule has 1 aromatic heterocycles. The Balaban J connectivity index is 1.53. The van der Waals surface area contributed by atoms with Gasteiger partial charge in [0.25, 0.3) is 5.91 Å². The van der Waals surface area contributed by atoms with Gasteiger partial charge in [-0.15, -0.1) is 0 Å². The van der Waals surface area contributed by atoms with E-state index in [0.717, 1.165) is 22.6 Å². The number of carbonyl (C=O) groups is 2. The van der Waals surface area contributed by atoms with Crippen LogP contribution in [0.5, 0.6) is 5.75 Å². The molecule has 0 fully saturated rings. The Kier molecular flexibility index (Phi) is 5.93. The van der Waals surface area contributed by atoms with Crippen LogP contribution in [0, 0.1) is 0 Å². The highest BCUT2D eigenvalue weighted by Gasteiger charge is 2.31. The Hall–Kier alpha value is -4.13. The highest BCUT2D eigenvalue weighted by Crippen LogP contribution is 2.32. The molecule has 1 N–H and O–H groups in total. The number of nitrogens with zero attached hydrogens (tertiary/aromatic N) is 2. The number of methoxy groups -OCH3 is 1. The van der Waals surface area contributed by atoms with E-state index in [9.17, 15) is 9.59 Å². The Labute approximate surface area is 179 Å². The molecule has 1 amide bonds. The first-order valence-corrected chi connectivity index (χ1v) is 9.73. The van der Waals surface area contributed by atoms with Gasteiger partial charge in [0, 0.05) is 12.4 Å². The maximum absolute atomic E-state index is 13.0. The van der Waals surface area contributed by atoms with Gasteiger partial charge >= 0.3 is 5.97 Å². The lowest BCUT2D eigenvalue weighted by molar-refractivity contribution is -0.137. The van der Waals surface area contributed by atoms with Gasteiger partial charge in [-0.1, -0.05) is 42.5 Å². The van der Waals surface area contributed by atoms with Crippen molar-refractivity contribution in [3.05, 3.63) is 102 Å². The molecule has 31 heavy (non-hydrogen) atoms. The minimum absolute atomic E-state index is 0.291. The Morgan fingerprint density at radius 1 is 1.03 bits per heavy atom. The third-order valence-corrected chi connectivity index (χ3v) is 4.88. The Bertz CT molecular complexity index is 1080. The number of rotatable bonds is 6. The predicted octanol–water partition coefficient (Wildman–Crippen LogP) is 3.38. The van der Waals surface area contributed by atoms with Crippen molar-refractivity contribution in [2.24, 2.45) is 0 Å². The highest BCUT2D eigenvalue weighted by molar-refractivity contribution is 5.91. The molecule has 3 aromatic rings. The summed E-state index contributed by atoms with van der Waals surface area (Å²) in [4.78, 5) is 29.1. The van der Waals surface area contributed by atoms with Crippen molar-refractivity contribution in [3.8, 4) is 5.75 Å². The summed E-state index contributed by atoms with van der Waals surface area (Å²) in [6, 6.07) is 20.0. The molecule has 0 aliphatic carbocycles. The molecule has 2 heterocycles. The molecule has 7 heteroatoms. The van der Waals surface area contributed by atoms with Crippen LogP contribution in [-0.2, 0) is 9.53 Å². The molecule has 2 aromatic carbocycles. The van der Waals surface area contributed by atoms with Crippen molar-refractivity contribution in [2.75, 3.05) is 13.7 Å². The van der Waals surface area contributed by atoms with Crippen molar-refractivity contribution in [1.82, 2.24) is 15.4 Å². The molecule has 7 nitrogen and oxygen atoms in total. The summed E-state index contributed by atoms with van der Waals surface area (Å²) in [7, 11) is 1.60. The molecule has 4 rings (SSSR count). The van der Waals surface area contributed by atoms with E-state index >= 15 is 0 Å². The number of pyridine rings is 1. The van der Waals surface area contributed by atoms with Gasteiger partial charge in [0.05, 0.1) is 24.4 Å². The minimum atomic E-state index is -0.599. The molecular weight excluding hydrogens is 394 g/mol. The van der Waals surface area contributed by atoms with Gasteiger partial charge in [-0.25, -0.2) is 9.80 Å². The van der Waals surface area contributed by atoms with Crippen LogP contribution in [0.15, 0.2) is 85.2 Å². The molecule has 0 unspecified atom stereocenters. The second kappa shape index (κ2) is 9.13. The second-order valence-corrected chi connectivity index (χ2v) is 6.86. The SMILES string of the molecule is COc1ccc([C@H]2C=C(c3ccccc3)NN2C(=O)COC(=O)c2cccnc2)cc1. The minimum Gasteiger partial charge on any atom is -0.497 e. The summed E-state index contributed by atoms with van der Waals surface area (Å²) in [5, 5.41) is 1.47. The van der Waals surface area contributed by atoms with Gasteiger partial charge in [-0.05, 0) is 41.5 Å². The molecule has 0 bridgehead atoms. The molecule has 0 spiro atoms. The van der Waals surface area contributed by atoms with Crippen LogP contribution >= 0.6 is 0 Å². The lowest BCUT2D eigenvalue weighted by Gasteiger charge is -2.25. The topological polar surface area (TPSA) is 80.8 Å². The number of hydrazine groups is 1. The van der Waals surface area contributed by atoms with Crippen LogP contribution in [0.1, 0.15) is 27.5 Å². The smallest absolute Gasteiger partial charge is 0.340 e. The first kappa shape index (κ1) is 20.2. The second-order valence-electron chi connectivity index (χ2n) is 6.86. The number of nitrogens with one attached hydrogen (secondary N) is 1. The van der Waals surface area contributed by atoms with Gasteiger partial charge in [-0.3, -0.25) is 15.2 Å². The van der Waals surface area contributed by atoms with E-state index in [2.05, 4.69) is 10.4 Å². The normalized spacial score (nSPS) is 15.1. The van der Waals surface area contributed by atoms with Crippen LogP contribution in [-0.4, -0.2) is 35.6 Å². The van der Waals surface area contributed by atoms with Crippen molar-refractivity contribution < 1.29 is 19.1 Å². The molecule has 1 aliphatic heterocycles. The first-order chi connectivity index (χ1) is 15.2. The molecule has 0 radical (unpaired) electrons. The van der Waals surface area contributed by atoms with E-state index in [-0.39, 0.29) is 11.9 Å². The summed E-state index contributed by atoms with van der Waals surface area (Å²) in [5.41, 5.74) is 6.09. The van der Waals surface area contributed by atoms with Gasteiger partial charge in [0.2, 0.25) is 0 Å². The van der Waals surface area contributed by atoms with Crippen LogP contribution in [0.3, 0.4) is 0 Å². The summed E-state index contributed by atoms with van der Waals surface area (Å²) in [6.45, 7) is -0.400. The molecule has 1 atom stereocenters. The zero-order valence-electron chi connectivity index (χ0n) is 16.9. The van der Waals surface area contributed by atoms with Gasteiger partial charge in [0.1, 0.15) is 5.75 Å². The van der Waals surface area contributed by atoms with Gasteiger partial charge < -0.3 is 9.47 Å². The fraction of sp³-hybridized carbons (Fsp3) is 0.125. The van der Waals surface area contributed by atoms with Crippen molar-refractivity contribution in [3.63, 3.8) is 0 Å². The first-order valence-electron chi connectivity index (χ1n) is 9.73. The number of hydrogen-bond acceptors (Lipinski definition) is 6. The lowest BCUT2D eigenvalue weighted by Crippen LogP contribution is -2.42. The summed E-state index contributed by atoms with van der Waals surface area (Å²) in [5.74, 6) is -0.247. The number of amides is 1. The van der Waals surface area contributed by atoms with Gasteiger partial charge in [0.15, 0.2) is 6.61 Å². The molecule has 0 saturated heterocycles. The fourth-order valence-corrected chi connectivity index (χ4v) is 3.27. The Morgan fingerprint density at radius 3 is 2.48 bits per heavy atom. The summed E-state index contributed by atoms with van der Waals surface area (Å²) in [6.07, 6.45) is 4.93. The van der Waals surface area contributed by atoms with E-state index in [1.807, 2.05) is 60.7 Å². The lowest BCUT2D eigenvalue weighted by atomic mass is 10.0. The van der Waals surface area contributed by atoms with E-state index < -0.39 is 12.6 Å². The number of aromatic nitrogens is 1. The van der Waals surface area contributed by atoms with E-state index in [4.69, 9.17) is 9.47 Å². The highest BCUT2D eigenvalue weighted by atomic mass is 16.5. The largest absolute Gasteiger partial charge is 0.497 e. The average molecular weight is 415 g/mol. The van der Waals surface area contributed by atoms with E-state index in [0.29, 0.717) is 5.56 Å².